The van der Waals surface area contributed by atoms with Crippen LogP contribution in [0.3, 0.4) is 0 Å². The smallest absolute Gasteiger partial charge is 0.126 e. The van der Waals surface area contributed by atoms with Crippen molar-refractivity contribution in [3.05, 3.63) is 27.7 Å². The highest BCUT2D eigenvalue weighted by Gasteiger charge is 2.32. The number of ether oxygens (including phenoxy) is 1. The van der Waals surface area contributed by atoms with Crippen LogP contribution in [0.2, 0.25) is 0 Å². The van der Waals surface area contributed by atoms with E-state index >= 15 is 0 Å². The van der Waals surface area contributed by atoms with Gasteiger partial charge in [-0.15, -0.1) is 0 Å². The Morgan fingerprint density at radius 1 is 1.35 bits per heavy atom. The lowest BCUT2D eigenvalue weighted by Crippen LogP contribution is -2.32. The van der Waals surface area contributed by atoms with E-state index in [1.807, 2.05) is 6.92 Å². The molecule has 0 spiro atoms. The SMILES string of the molecule is CCNCc1cc(Br)cc(C)c1OCC1(O)CCCC1. The van der Waals surface area contributed by atoms with Gasteiger partial charge in [-0.3, -0.25) is 0 Å². The third kappa shape index (κ3) is 3.96. The van der Waals surface area contributed by atoms with E-state index in [0.29, 0.717) is 6.61 Å². The first-order valence-electron chi connectivity index (χ1n) is 7.39. The van der Waals surface area contributed by atoms with Crippen LogP contribution >= 0.6 is 15.9 Å². The van der Waals surface area contributed by atoms with Gasteiger partial charge in [-0.1, -0.05) is 35.7 Å². The largest absolute Gasteiger partial charge is 0.490 e. The van der Waals surface area contributed by atoms with Gasteiger partial charge in [-0.25, -0.2) is 0 Å². The van der Waals surface area contributed by atoms with Crippen LogP contribution in [-0.2, 0) is 6.54 Å². The monoisotopic (exact) mass is 341 g/mol. The maximum absolute atomic E-state index is 10.4. The van der Waals surface area contributed by atoms with Crippen LogP contribution in [0.4, 0.5) is 0 Å². The minimum Gasteiger partial charge on any atom is -0.490 e. The molecule has 1 fully saturated rings. The fourth-order valence-electron chi connectivity index (χ4n) is 2.78. The summed E-state index contributed by atoms with van der Waals surface area (Å²) in [5.74, 6) is 0.912. The quantitative estimate of drug-likeness (QED) is 0.831. The van der Waals surface area contributed by atoms with Crippen molar-refractivity contribution in [1.29, 1.82) is 0 Å². The maximum atomic E-state index is 10.4. The number of halogens is 1. The molecule has 1 aliphatic carbocycles. The van der Waals surface area contributed by atoms with Gasteiger partial charge in [0.25, 0.3) is 0 Å². The first kappa shape index (κ1) is 15.8. The van der Waals surface area contributed by atoms with Crippen molar-refractivity contribution in [2.24, 2.45) is 0 Å². The van der Waals surface area contributed by atoms with Crippen molar-refractivity contribution in [1.82, 2.24) is 5.32 Å². The Morgan fingerprint density at radius 3 is 2.70 bits per heavy atom. The second-order valence-electron chi connectivity index (χ2n) is 5.71. The second-order valence-corrected chi connectivity index (χ2v) is 6.63. The zero-order valence-corrected chi connectivity index (χ0v) is 13.9. The van der Waals surface area contributed by atoms with E-state index in [9.17, 15) is 5.11 Å². The summed E-state index contributed by atoms with van der Waals surface area (Å²) < 4.78 is 7.06. The summed E-state index contributed by atoms with van der Waals surface area (Å²) in [4.78, 5) is 0. The van der Waals surface area contributed by atoms with Crippen LogP contribution in [0.1, 0.15) is 43.7 Å². The van der Waals surface area contributed by atoms with Gasteiger partial charge in [-0.05, 0) is 44.0 Å². The van der Waals surface area contributed by atoms with Gasteiger partial charge in [0.1, 0.15) is 12.4 Å². The maximum Gasteiger partial charge on any atom is 0.126 e. The summed E-state index contributed by atoms with van der Waals surface area (Å²) in [5, 5.41) is 13.7. The predicted octanol–water partition coefficient (Wildman–Crippen LogP) is 3.55. The Hall–Kier alpha value is -0.580. The fourth-order valence-corrected chi connectivity index (χ4v) is 3.40. The average Bonchev–Trinajstić information content (AvgIpc) is 2.82. The summed E-state index contributed by atoms with van der Waals surface area (Å²) in [6.07, 6.45) is 3.91. The Labute approximate surface area is 129 Å². The minimum absolute atomic E-state index is 0.397. The molecule has 1 aliphatic rings. The number of benzene rings is 1. The molecule has 0 unspecified atom stereocenters. The van der Waals surface area contributed by atoms with Crippen LogP contribution < -0.4 is 10.1 Å². The van der Waals surface area contributed by atoms with Gasteiger partial charge < -0.3 is 15.2 Å². The van der Waals surface area contributed by atoms with Crippen LogP contribution in [-0.4, -0.2) is 23.9 Å². The highest BCUT2D eigenvalue weighted by atomic mass is 79.9. The fraction of sp³-hybridized carbons (Fsp3) is 0.625. The zero-order chi connectivity index (χ0) is 14.6. The Kier molecular flexibility index (Phi) is 5.47. The lowest BCUT2D eigenvalue weighted by atomic mass is 10.0. The lowest BCUT2D eigenvalue weighted by Gasteiger charge is -2.24. The molecule has 0 atom stereocenters. The van der Waals surface area contributed by atoms with Crippen molar-refractivity contribution in [2.45, 2.75) is 51.7 Å². The molecule has 0 heterocycles. The van der Waals surface area contributed by atoms with Gasteiger partial charge in [0, 0.05) is 16.6 Å². The number of hydrogen-bond donors (Lipinski definition) is 2. The summed E-state index contributed by atoms with van der Waals surface area (Å²) in [6, 6.07) is 4.15. The Bertz CT molecular complexity index is 456. The summed E-state index contributed by atoms with van der Waals surface area (Å²) >= 11 is 3.53. The van der Waals surface area contributed by atoms with Gasteiger partial charge in [0.15, 0.2) is 0 Å². The highest BCUT2D eigenvalue weighted by molar-refractivity contribution is 9.10. The average molecular weight is 342 g/mol. The van der Waals surface area contributed by atoms with Gasteiger partial charge in [0.05, 0.1) is 5.60 Å². The molecule has 112 valence electrons. The van der Waals surface area contributed by atoms with Crippen molar-refractivity contribution >= 4 is 15.9 Å². The summed E-state index contributed by atoms with van der Waals surface area (Å²) in [6.45, 7) is 6.24. The number of hydrogen-bond acceptors (Lipinski definition) is 3. The normalized spacial score (nSPS) is 17.4. The first-order chi connectivity index (χ1) is 9.54. The van der Waals surface area contributed by atoms with Crippen molar-refractivity contribution in [2.75, 3.05) is 13.2 Å². The lowest BCUT2D eigenvalue weighted by molar-refractivity contribution is 0.000919. The zero-order valence-electron chi connectivity index (χ0n) is 12.3. The third-order valence-corrected chi connectivity index (χ3v) is 4.36. The molecule has 2 N–H and O–H groups in total. The number of rotatable bonds is 6. The molecule has 0 aromatic heterocycles. The molecular formula is C16H24BrNO2. The Morgan fingerprint density at radius 2 is 2.05 bits per heavy atom. The van der Waals surface area contributed by atoms with Gasteiger partial charge in [-0.2, -0.15) is 0 Å². The third-order valence-electron chi connectivity index (χ3n) is 3.90. The molecule has 20 heavy (non-hydrogen) atoms. The van der Waals surface area contributed by atoms with Gasteiger partial charge >= 0.3 is 0 Å². The van der Waals surface area contributed by atoms with E-state index < -0.39 is 5.60 Å². The summed E-state index contributed by atoms with van der Waals surface area (Å²) in [7, 11) is 0. The molecule has 1 aromatic rings. The van der Waals surface area contributed by atoms with Gasteiger partial charge in [0.2, 0.25) is 0 Å². The van der Waals surface area contributed by atoms with E-state index in [0.717, 1.165) is 60.1 Å². The molecule has 0 radical (unpaired) electrons. The van der Waals surface area contributed by atoms with Crippen LogP contribution in [0.25, 0.3) is 0 Å². The predicted molar refractivity (Wildman–Crippen MR) is 85.2 cm³/mol. The van der Waals surface area contributed by atoms with E-state index in [1.165, 1.54) is 0 Å². The van der Waals surface area contributed by atoms with Crippen molar-refractivity contribution < 1.29 is 9.84 Å². The number of nitrogens with one attached hydrogen (secondary N) is 1. The van der Waals surface area contributed by atoms with Crippen LogP contribution in [0.5, 0.6) is 5.75 Å². The molecule has 3 nitrogen and oxygen atoms in total. The molecule has 1 aromatic carbocycles. The molecular weight excluding hydrogens is 318 g/mol. The molecule has 2 rings (SSSR count). The number of aliphatic hydroxyl groups is 1. The number of aryl methyl sites for hydroxylation is 1. The van der Waals surface area contributed by atoms with E-state index in [4.69, 9.17) is 4.74 Å². The van der Waals surface area contributed by atoms with Crippen molar-refractivity contribution in [3.63, 3.8) is 0 Å². The minimum atomic E-state index is -0.630. The Balaban J connectivity index is 2.12. The first-order valence-corrected chi connectivity index (χ1v) is 8.18. The second kappa shape index (κ2) is 6.92. The highest BCUT2D eigenvalue weighted by Crippen LogP contribution is 2.33. The molecule has 0 saturated heterocycles. The molecule has 0 amide bonds. The molecule has 4 heteroatoms. The molecule has 0 bridgehead atoms. The van der Waals surface area contributed by atoms with E-state index in [1.54, 1.807) is 0 Å². The molecule has 0 aliphatic heterocycles. The standard InChI is InChI=1S/C16H24BrNO2/c1-3-18-10-13-9-14(17)8-12(2)15(13)20-11-16(19)6-4-5-7-16/h8-9,18-19H,3-7,10-11H2,1-2H3. The van der Waals surface area contributed by atoms with Crippen molar-refractivity contribution in [3.8, 4) is 5.75 Å². The molecule has 1 saturated carbocycles. The van der Waals surface area contributed by atoms with Crippen LogP contribution in [0, 0.1) is 6.92 Å². The topological polar surface area (TPSA) is 41.5 Å². The summed E-state index contributed by atoms with van der Waals surface area (Å²) in [5.41, 5.74) is 1.61. The van der Waals surface area contributed by atoms with Crippen LogP contribution in [0.15, 0.2) is 16.6 Å². The van der Waals surface area contributed by atoms with E-state index in [-0.39, 0.29) is 0 Å². The van der Waals surface area contributed by atoms with E-state index in [2.05, 4.69) is 40.3 Å².